The first kappa shape index (κ1) is 12.2. The Bertz CT molecular complexity index is 945. The predicted molar refractivity (Wildman–Crippen MR) is 78.1 cm³/mol. The normalized spacial score (nSPS) is 11.3. The van der Waals surface area contributed by atoms with Crippen LogP contribution in [0.5, 0.6) is 5.88 Å². The van der Waals surface area contributed by atoms with Gasteiger partial charge in [-0.3, -0.25) is 4.40 Å². The van der Waals surface area contributed by atoms with Gasteiger partial charge in [0.05, 0.1) is 18.3 Å². The molecular weight excluding hydrogens is 291 g/mol. The summed E-state index contributed by atoms with van der Waals surface area (Å²) >= 11 is 1.48. The van der Waals surface area contributed by atoms with Crippen molar-refractivity contribution < 1.29 is 9.13 Å². The van der Waals surface area contributed by atoms with Crippen LogP contribution < -0.4 is 4.74 Å². The van der Waals surface area contributed by atoms with Crippen LogP contribution in [0.4, 0.5) is 4.39 Å². The molecule has 0 aliphatic carbocycles. The third kappa shape index (κ3) is 1.93. The highest BCUT2D eigenvalue weighted by Crippen LogP contribution is 2.29. The van der Waals surface area contributed by atoms with Crippen molar-refractivity contribution in [2.24, 2.45) is 0 Å². The maximum atomic E-state index is 12.9. The lowest BCUT2D eigenvalue weighted by Crippen LogP contribution is -1.87. The number of nitrogens with zero attached hydrogens (tertiary/aromatic N) is 4. The van der Waals surface area contributed by atoms with E-state index in [0.29, 0.717) is 5.88 Å². The third-order valence-electron chi connectivity index (χ3n) is 3.17. The minimum atomic E-state index is -0.499. The summed E-state index contributed by atoms with van der Waals surface area (Å²) in [5.41, 5.74) is 2.50. The number of imidazole rings is 1. The van der Waals surface area contributed by atoms with E-state index in [4.69, 9.17) is 4.74 Å². The summed E-state index contributed by atoms with van der Waals surface area (Å²) in [4.78, 5) is 14.3. The molecule has 4 heterocycles. The highest BCUT2D eigenvalue weighted by atomic mass is 32.1. The number of hydrogen-bond acceptors (Lipinski definition) is 5. The molecule has 0 aliphatic rings. The zero-order valence-corrected chi connectivity index (χ0v) is 11.8. The van der Waals surface area contributed by atoms with Gasteiger partial charge in [0.1, 0.15) is 4.83 Å². The van der Waals surface area contributed by atoms with Crippen LogP contribution in [0.1, 0.15) is 0 Å². The molecule has 0 bridgehead atoms. The summed E-state index contributed by atoms with van der Waals surface area (Å²) in [5, 5.41) is 0. The first-order valence-electron chi connectivity index (χ1n) is 6.19. The fourth-order valence-corrected chi connectivity index (χ4v) is 3.12. The molecule has 0 amide bonds. The fourth-order valence-electron chi connectivity index (χ4n) is 2.15. The highest BCUT2D eigenvalue weighted by Gasteiger charge is 2.12. The van der Waals surface area contributed by atoms with Crippen LogP contribution in [0.15, 0.2) is 36.7 Å². The standard InChI is InChI=1S/C14H9FN4OS/c1-20-12-5-3-10-13(18-12)21-14-17-9(7-19(10)14)8-2-4-11(15)16-6-8/h2-7H,1H3. The van der Waals surface area contributed by atoms with Crippen LogP contribution >= 0.6 is 11.3 Å². The highest BCUT2D eigenvalue weighted by molar-refractivity contribution is 7.23. The fraction of sp³-hybridized carbons (Fsp3) is 0.0714. The summed E-state index contributed by atoms with van der Waals surface area (Å²) < 4.78 is 20.0. The number of thiazole rings is 1. The molecule has 5 nitrogen and oxygen atoms in total. The zero-order valence-electron chi connectivity index (χ0n) is 10.9. The van der Waals surface area contributed by atoms with Gasteiger partial charge in [-0.05, 0) is 18.2 Å². The Morgan fingerprint density at radius 2 is 2.10 bits per heavy atom. The zero-order chi connectivity index (χ0) is 14.4. The average Bonchev–Trinajstić information content (AvgIpc) is 3.04. The van der Waals surface area contributed by atoms with E-state index in [1.54, 1.807) is 13.2 Å². The van der Waals surface area contributed by atoms with Crippen LogP contribution in [0.2, 0.25) is 0 Å². The maximum Gasteiger partial charge on any atom is 0.214 e. The summed E-state index contributed by atoms with van der Waals surface area (Å²) in [6.07, 6.45) is 3.38. The molecular formula is C14H9FN4OS. The lowest BCUT2D eigenvalue weighted by molar-refractivity contribution is 0.400. The number of methoxy groups -OCH3 is 1. The van der Waals surface area contributed by atoms with Gasteiger partial charge in [-0.25, -0.2) is 15.0 Å². The van der Waals surface area contributed by atoms with Crippen LogP contribution in [-0.4, -0.2) is 26.5 Å². The van der Waals surface area contributed by atoms with E-state index >= 15 is 0 Å². The Morgan fingerprint density at radius 3 is 2.86 bits per heavy atom. The van der Waals surface area contributed by atoms with Crippen LogP contribution in [-0.2, 0) is 0 Å². The van der Waals surface area contributed by atoms with Crippen molar-refractivity contribution >= 4 is 26.6 Å². The molecule has 21 heavy (non-hydrogen) atoms. The quantitative estimate of drug-likeness (QED) is 0.534. The molecule has 0 fully saturated rings. The Balaban J connectivity index is 1.88. The molecule has 104 valence electrons. The minimum Gasteiger partial charge on any atom is -0.481 e. The van der Waals surface area contributed by atoms with E-state index in [1.807, 2.05) is 22.7 Å². The molecule has 0 saturated heterocycles. The Hall–Kier alpha value is -2.54. The number of halogens is 1. The molecule has 0 aliphatic heterocycles. The average molecular weight is 300 g/mol. The lowest BCUT2D eigenvalue weighted by Gasteiger charge is -1.97. The second kappa shape index (κ2) is 4.49. The van der Waals surface area contributed by atoms with E-state index < -0.39 is 5.95 Å². The number of ether oxygens (including phenoxy) is 1. The summed E-state index contributed by atoms with van der Waals surface area (Å²) in [6, 6.07) is 6.75. The molecule has 4 aromatic heterocycles. The van der Waals surface area contributed by atoms with Gasteiger partial charge in [0, 0.05) is 24.0 Å². The number of pyridine rings is 2. The van der Waals surface area contributed by atoms with Gasteiger partial charge >= 0.3 is 0 Å². The molecule has 0 aromatic carbocycles. The van der Waals surface area contributed by atoms with Crippen LogP contribution in [0.3, 0.4) is 0 Å². The molecule has 4 rings (SSSR count). The monoisotopic (exact) mass is 300 g/mol. The molecule has 0 radical (unpaired) electrons. The first-order chi connectivity index (χ1) is 10.2. The molecule has 4 aromatic rings. The van der Waals surface area contributed by atoms with Crippen molar-refractivity contribution in [1.29, 1.82) is 0 Å². The van der Waals surface area contributed by atoms with E-state index in [0.717, 1.165) is 26.6 Å². The van der Waals surface area contributed by atoms with Gasteiger partial charge in [-0.1, -0.05) is 11.3 Å². The molecule has 0 atom stereocenters. The molecule has 7 heteroatoms. The van der Waals surface area contributed by atoms with Crippen molar-refractivity contribution in [2.75, 3.05) is 7.11 Å². The van der Waals surface area contributed by atoms with Gasteiger partial charge in [-0.15, -0.1) is 0 Å². The van der Waals surface area contributed by atoms with E-state index in [-0.39, 0.29) is 0 Å². The number of aromatic nitrogens is 4. The second-order valence-corrected chi connectivity index (χ2v) is 5.38. The van der Waals surface area contributed by atoms with E-state index in [2.05, 4.69) is 15.0 Å². The van der Waals surface area contributed by atoms with Crippen LogP contribution in [0, 0.1) is 5.95 Å². The minimum absolute atomic E-state index is 0.499. The summed E-state index contributed by atoms with van der Waals surface area (Å²) in [5.74, 6) is 0.0801. The Kier molecular flexibility index (Phi) is 2.61. The van der Waals surface area contributed by atoms with Gasteiger partial charge in [0.15, 0.2) is 4.96 Å². The number of rotatable bonds is 2. The predicted octanol–water partition coefficient (Wildman–Crippen LogP) is 3.15. The SMILES string of the molecule is COc1ccc2c(n1)sc1nc(-c3ccc(F)nc3)cn12. The third-order valence-corrected chi connectivity index (χ3v) is 4.13. The first-order valence-corrected chi connectivity index (χ1v) is 7.01. The van der Waals surface area contributed by atoms with E-state index in [9.17, 15) is 4.39 Å². The smallest absolute Gasteiger partial charge is 0.214 e. The van der Waals surface area contributed by atoms with Crippen molar-refractivity contribution in [3.63, 3.8) is 0 Å². The Labute approximate surface area is 122 Å². The molecule has 0 saturated carbocycles. The molecule has 0 N–H and O–H groups in total. The largest absolute Gasteiger partial charge is 0.481 e. The number of fused-ring (bicyclic) bond motifs is 3. The lowest BCUT2D eigenvalue weighted by atomic mass is 10.2. The topological polar surface area (TPSA) is 52.3 Å². The summed E-state index contributed by atoms with van der Waals surface area (Å²) in [7, 11) is 1.59. The van der Waals surface area contributed by atoms with Crippen molar-refractivity contribution in [3.05, 3.63) is 42.6 Å². The Morgan fingerprint density at radius 1 is 1.19 bits per heavy atom. The van der Waals surface area contributed by atoms with Gasteiger partial charge in [0.25, 0.3) is 0 Å². The molecule has 0 spiro atoms. The van der Waals surface area contributed by atoms with Gasteiger partial charge in [-0.2, -0.15) is 4.39 Å². The van der Waals surface area contributed by atoms with Gasteiger partial charge in [0.2, 0.25) is 11.8 Å². The van der Waals surface area contributed by atoms with Crippen molar-refractivity contribution in [2.45, 2.75) is 0 Å². The van der Waals surface area contributed by atoms with E-state index in [1.165, 1.54) is 23.6 Å². The second-order valence-electron chi connectivity index (χ2n) is 4.43. The molecule has 0 unspecified atom stereocenters. The van der Waals surface area contributed by atoms with Gasteiger partial charge < -0.3 is 4.74 Å². The van der Waals surface area contributed by atoms with Crippen LogP contribution in [0.25, 0.3) is 26.6 Å². The summed E-state index contributed by atoms with van der Waals surface area (Å²) in [6.45, 7) is 0. The van der Waals surface area contributed by atoms with Crippen molar-refractivity contribution in [3.8, 4) is 17.1 Å². The van der Waals surface area contributed by atoms with Crippen molar-refractivity contribution in [1.82, 2.24) is 19.4 Å². The maximum absolute atomic E-state index is 12.9. The number of hydrogen-bond donors (Lipinski definition) is 0.